The minimum Gasteiger partial charge on any atom is -0.497 e. The second-order valence-electron chi connectivity index (χ2n) is 8.27. The van der Waals surface area contributed by atoms with Crippen molar-refractivity contribution in [2.45, 2.75) is 32.7 Å². The number of hydrogen-bond acceptors (Lipinski definition) is 4. The van der Waals surface area contributed by atoms with Gasteiger partial charge in [0.05, 0.1) is 36.5 Å². The number of hydrogen-bond donors (Lipinski definition) is 1. The van der Waals surface area contributed by atoms with Crippen LogP contribution in [0.1, 0.15) is 48.7 Å². The van der Waals surface area contributed by atoms with Crippen LogP contribution in [0.3, 0.4) is 0 Å². The number of para-hydroxylation sites is 1. The zero-order valence-corrected chi connectivity index (χ0v) is 19.9. The molecule has 0 fully saturated rings. The zero-order valence-electron chi connectivity index (χ0n) is 19.9. The molecule has 4 rings (SSSR count). The lowest BCUT2D eigenvalue weighted by Gasteiger charge is -2.16. The molecule has 0 saturated carbocycles. The van der Waals surface area contributed by atoms with Crippen LogP contribution in [0.4, 0.5) is 0 Å². The van der Waals surface area contributed by atoms with E-state index in [1.54, 1.807) is 7.11 Å². The zero-order chi connectivity index (χ0) is 23.9. The third-order valence-corrected chi connectivity index (χ3v) is 5.84. The Morgan fingerprint density at radius 3 is 2.38 bits per heavy atom. The number of ether oxygens (including phenoxy) is 2. The fourth-order valence-electron chi connectivity index (χ4n) is 3.82. The van der Waals surface area contributed by atoms with Crippen LogP contribution in [0, 0.1) is 0 Å². The summed E-state index contributed by atoms with van der Waals surface area (Å²) in [7, 11) is 1.64. The van der Waals surface area contributed by atoms with E-state index >= 15 is 0 Å². The van der Waals surface area contributed by atoms with E-state index in [1.165, 1.54) is 0 Å². The average Bonchev–Trinajstić information content (AvgIpc) is 2.88. The third kappa shape index (κ3) is 5.37. The lowest BCUT2D eigenvalue weighted by molar-refractivity contribution is 0.0941. The van der Waals surface area contributed by atoms with Crippen molar-refractivity contribution in [1.82, 2.24) is 10.3 Å². The Bertz CT molecular complexity index is 1250. The van der Waals surface area contributed by atoms with Crippen LogP contribution in [-0.4, -0.2) is 24.6 Å². The van der Waals surface area contributed by atoms with Gasteiger partial charge in [-0.15, -0.1) is 0 Å². The first-order valence-corrected chi connectivity index (χ1v) is 11.7. The maximum atomic E-state index is 13.4. The fourth-order valence-corrected chi connectivity index (χ4v) is 3.82. The van der Waals surface area contributed by atoms with E-state index in [-0.39, 0.29) is 11.9 Å². The van der Waals surface area contributed by atoms with Crippen LogP contribution in [0.5, 0.6) is 11.5 Å². The molecule has 1 amide bonds. The summed E-state index contributed by atoms with van der Waals surface area (Å²) >= 11 is 0. The molecule has 34 heavy (non-hydrogen) atoms. The number of aromatic nitrogens is 1. The quantitative estimate of drug-likeness (QED) is 0.290. The number of unbranched alkanes of at least 4 members (excludes halogenated alkanes) is 1. The normalized spacial score (nSPS) is 11.7. The van der Waals surface area contributed by atoms with Crippen LogP contribution in [0.25, 0.3) is 22.2 Å². The van der Waals surface area contributed by atoms with Crippen LogP contribution in [0.15, 0.2) is 78.9 Å². The lowest BCUT2D eigenvalue weighted by Crippen LogP contribution is -2.27. The molecule has 0 radical (unpaired) electrons. The van der Waals surface area contributed by atoms with Gasteiger partial charge >= 0.3 is 0 Å². The highest BCUT2D eigenvalue weighted by molar-refractivity contribution is 6.07. The second kappa shape index (κ2) is 10.8. The van der Waals surface area contributed by atoms with Gasteiger partial charge in [0.15, 0.2) is 0 Å². The molecule has 0 aliphatic rings. The van der Waals surface area contributed by atoms with Crippen LogP contribution < -0.4 is 14.8 Å². The molecule has 5 heteroatoms. The van der Waals surface area contributed by atoms with Gasteiger partial charge in [-0.05, 0) is 67.4 Å². The number of carbonyl (C=O) groups excluding carboxylic acids is 1. The maximum absolute atomic E-state index is 13.4. The molecule has 1 atom stereocenters. The van der Waals surface area contributed by atoms with Gasteiger partial charge in [0.25, 0.3) is 5.91 Å². The largest absolute Gasteiger partial charge is 0.497 e. The Morgan fingerprint density at radius 2 is 1.68 bits per heavy atom. The SMILES string of the molecule is CCCCOc1ccc(-c2cc(C(=O)N[C@H](C)c3ccc(OC)cc3)c3ccccc3n2)cc1. The van der Waals surface area contributed by atoms with Gasteiger partial charge in [-0.1, -0.05) is 43.7 Å². The molecule has 0 unspecified atom stereocenters. The fraction of sp³-hybridized carbons (Fsp3) is 0.241. The van der Waals surface area contributed by atoms with Crippen molar-refractivity contribution in [3.05, 3.63) is 90.0 Å². The smallest absolute Gasteiger partial charge is 0.252 e. The molecular formula is C29H30N2O3. The van der Waals surface area contributed by atoms with Crippen molar-refractivity contribution in [1.29, 1.82) is 0 Å². The lowest BCUT2D eigenvalue weighted by atomic mass is 10.0. The van der Waals surface area contributed by atoms with Gasteiger partial charge in [0, 0.05) is 10.9 Å². The van der Waals surface area contributed by atoms with Crippen LogP contribution >= 0.6 is 0 Å². The number of benzene rings is 3. The van der Waals surface area contributed by atoms with E-state index < -0.39 is 0 Å². The van der Waals surface area contributed by atoms with Crippen molar-refractivity contribution < 1.29 is 14.3 Å². The minimum absolute atomic E-state index is 0.136. The number of nitrogens with zero attached hydrogens (tertiary/aromatic N) is 1. The molecule has 1 aromatic heterocycles. The van der Waals surface area contributed by atoms with Crippen molar-refractivity contribution in [3.63, 3.8) is 0 Å². The van der Waals surface area contributed by atoms with Gasteiger partial charge < -0.3 is 14.8 Å². The number of fused-ring (bicyclic) bond motifs is 1. The van der Waals surface area contributed by atoms with Gasteiger partial charge in [-0.25, -0.2) is 4.98 Å². The molecule has 1 heterocycles. The molecule has 0 aliphatic heterocycles. The highest BCUT2D eigenvalue weighted by atomic mass is 16.5. The molecule has 0 bridgehead atoms. The summed E-state index contributed by atoms with van der Waals surface area (Å²) in [5.74, 6) is 1.49. The summed E-state index contributed by atoms with van der Waals surface area (Å²) in [6.07, 6.45) is 2.13. The minimum atomic E-state index is -0.159. The molecule has 3 aromatic carbocycles. The van der Waals surface area contributed by atoms with E-state index in [0.717, 1.165) is 52.1 Å². The monoisotopic (exact) mass is 454 g/mol. The predicted molar refractivity (Wildman–Crippen MR) is 136 cm³/mol. The maximum Gasteiger partial charge on any atom is 0.252 e. The topological polar surface area (TPSA) is 60.5 Å². The number of carbonyl (C=O) groups is 1. The summed E-state index contributed by atoms with van der Waals surface area (Å²) in [4.78, 5) is 18.2. The number of nitrogens with one attached hydrogen (secondary N) is 1. The van der Waals surface area contributed by atoms with Crippen molar-refractivity contribution >= 4 is 16.8 Å². The Morgan fingerprint density at radius 1 is 0.971 bits per heavy atom. The van der Waals surface area contributed by atoms with Gasteiger partial charge in [0.1, 0.15) is 11.5 Å². The first-order valence-electron chi connectivity index (χ1n) is 11.7. The number of methoxy groups -OCH3 is 1. The summed E-state index contributed by atoms with van der Waals surface area (Å²) < 4.78 is 11.0. The average molecular weight is 455 g/mol. The molecule has 174 valence electrons. The molecular weight excluding hydrogens is 424 g/mol. The van der Waals surface area contributed by atoms with Crippen LogP contribution in [-0.2, 0) is 0 Å². The van der Waals surface area contributed by atoms with Crippen molar-refractivity contribution in [2.75, 3.05) is 13.7 Å². The highest BCUT2D eigenvalue weighted by Gasteiger charge is 2.17. The van der Waals surface area contributed by atoms with Crippen molar-refractivity contribution in [2.24, 2.45) is 0 Å². The molecule has 4 aromatic rings. The van der Waals surface area contributed by atoms with Gasteiger partial charge in [0.2, 0.25) is 0 Å². The summed E-state index contributed by atoms with van der Waals surface area (Å²) in [5.41, 5.74) is 4.08. The Labute approximate surface area is 200 Å². The van der Waals surface area contributed by atoms with E-state index in [9.17, 15) is 4.79 Å². The summed E-state index contributed by atoms with van der Waals surface area (Å²) in [6, 6.07) is 25.0. The van der Waals surface area contributed by atoms with Gasteiger partial charge in [-0.3, -0.25) is 4.79 Å². The number of rotatable bonds is 9. The molecule has 0 saturated heterocycles. The molecule has 1 N–H and O–H groups in total. The van der Waals surface area contributed by atoms with E-state index in [2.05, 4.69) is 12.2 Å². The van der Waals surface area contributed by atoms with Crippen molar-refractivity contribution in [3.8, 4) is 22.8 Å². The van der Waals surface area contributed by atoms with E-state index in [0.29, 0.717) is 12.2 Å². The Kier molecular flexibility index (Phi) is 7.43. The number of amides is 1. The first kappa shape index (κ1) is 23.3. The predicted octanol–water partition coefficient (Wildman–Crippen LogP) is 6.58. The van der Waals surface area contributed by atoms with Crippen LogP contribution in [0.2, 0.25) is 0 Å². The molecule has 0 spiro atoms. The van der Waals surface area contributed by atoms with E-state index in [4.69, 9.17) is 14.5 Å². The summed E-state index contributed by atoms with van der Waals surface area (Å²) in [6.45, 7) is 4.82. The third-order valence-electron chi connectivity index (χ3n) is 5.84. The summed E-state index contributed by atoms with van der Waals surface area (Å²) in [5, 5.41) is 3.96. The molecule has 0 aliphatic carbocycles. The Balaban J connectivity index is 1.61. The van der Waals surface area contributed by atoms with Gasteiger partial charge in [-0.2, -0.15) is 0 Å². The van der Waals surface area contributed by atoms with E-state index in [1.807, 2.05) is 85.8 Å². The second-order valence-corrected chi connectivity index (χ2v) is 8.27. The number of pyridine rings is 1. The molecule has 5 nitrogen and oxygen atoms in total. The highest BCUT2D eigenvalue weighted by Crippen LogP contribution is 2.27. The Hall–Kier alpha value is -3.86. The standard InChI is InChI=1S/C29H30N2O3/c1-4-5-18-34-24-16-12-22(13-17-24)28-19-26(25-8-6-7-9-27(25)31-28)29(32)30-20(2)21-10-14-23(33-3)15-11-21/h6-17,19-20H,4-5,18H2,1-3H3,(H,30,32)/t20-/m1/s1. The first-order chi connectivity index (χ1) is 16.6.